The third kappa shape index (κ3) is 1.36. The van der Waals surface area contributed by atoms with Crippen molar-refractivity contribution in [3.63, 3.8) is 0 Å². The molecule has 5 atom stereocenters. The molecule has 5 aliphatic carbocycles. The minimum atomic E-state index is 0.850. The second-order valence-electron chi connectivity index (χ2n) is 8.28. The predicted molar refractivity (Wildman–Crippen MR) is 71.7 cm³/mol. The van der Waals surface area contributed by atoms with Gasteiger partial charge in [-0.15, -0.1) is 0 Å². The van der Waals surface area contributed by atoms with Crippen molar-refractivity contribution in [3.05, 3.63) is 0 Å². The summed E-state index contributed by atoms with van der Waals surface area (Å²) in [6.07, 6.45) is 10.9. The van der Waals surface area contributed by atoms with Crippen molar-refractivity contribution in [3.8, 4) is 0 Å². The smallest absolute Gasteiger partial charge is 0.0255 e. The number of hydrogen-bond acceptors (Lipinski definition) is 0. The van der Waals surface area contributed by atoms with Gasteiger partial charge in [-0.2, -0.15) is 0 Å². The molecule has 0 aromatic rings. The van der Waals surface area contributed by atoms with Crippen LogP contribution in [-0.2, 0) is 0 Å². The van der Waals surface area contributed by atoms with Crippen molar-refractivity contribution in [1.29, 1.82) is 0 Å². The molecule has 0 heterocycles. The monoisotopic (exact) mass is 232 g/mol. The average Bonchev–Trinajstić information content (AvgIpc) is 3.21. The minimum Gasteiger partial charge on any atom is -0.0651 e. The fraction of sp³-hybridized carbons (Fsp3) is 1.00. The summed E-state index contributed by atoms with van der Waals surface area (Å²) < 4.78 is 0. The van der Waals surface area contributed by atoms with Crippen LogP contribution in [0.2, 0.25) is 0 Å². The third-order valence-corrected chi connectivity index (χ3v) is 7.43. The lowest BCUT2D eigenvalue weighted by Crippen LogP contribution is -2.21. The van der Waals surface area contributed by atoms with Crippen LogP contribution in [0.5, 0.6) is 0 Å². The first-order chi connectivity index (χ1) is 8.11. The Hall–Kier alpha value is 0. The van der Waals surface area contributed by atoms with Gasteiger partial charge < -0.3 is 0 Å². The normalized spacial score (nSPS) is 59.5. The SMILES string of the molecule is CCC(C)CCC12CCC3C4C3C4(C)CC1C2. The summed E-state index contributed by atoms with van der Waals surface area (Å²) in [5.74, 6) is 5.71. The molecule has 5 rings (SSSR count). The van der Waals surface area contributed by atoms with Gasteiger partial charge >= 0.3 is 0 Å². The summed E-state index contributed by atoms with van der Waals surface area (Å²) in [7, 11) is 0. The molecule has 0 aromatic heterocycles. The zero-order chi connectivity index (χ0) is 11.8. The molecule has 17 heavy (non-hydrogen) atoms. The Morgan fingerprint density at radius 2 is 2.00 bits per heavy atom. The minimum absolute atomic E-state index is 0.850. The van der Waals surface area contributed by atoms with Crippen LogP contribution in [-0.4, -0.2) is 0 Å². The lowest BCUT2D eigenvalue weighted by molar-refractivity contribution is 0.199. The topological polar surface area (TPSA) is 0 Å². The van der Waals surface area contributed by atoms with E-state index in [4.69, 9.17) is 0 Å². The molecule has 5 saturated carbocycles. The molecule has 0 radical (unpaired) electrons. The zero-order valence-corrected chi connectivity index (χ0v) is 11.8. The number of fused-ring (bicyclic) bond motifs is 1. The van der Waals surface area contributed by atoms with Crippen molar-refractivity contribution in [2.24, 2.45) is 40.4 Å². The summed E-state index contributed by atoms with van der Waals surface area (Å²) in [4.78, 5) is 0. The molecule has 0 nitrogen and oxygen atoms in total. The van der Waals surface area contributed by atoms with Crippen LogP contribution in [0, 0.1) is 40.4 Å². The van der Waals surface area contributed by atoms with E-state index < -0.39 is 0 Å². The predicted octanol–water partition coefficient (Wildman–Crippen LogP) is 4.89. The molecule has 0 saturated heterocycles. The van der Waals surface area contributed by atoms with Crippen LogP contribution in [0.15, 0.2) is 0 Å². The second-order valence-corrected chi connectivity index (χ2v) is 8.28. The van der Waals surface area contributed by atoms with Gasteiger partial charge in [0.25, 0.3) is 0 Å². The van der Waals surface area contributed by atoms with Crippen LogP contribution in [0.4, 0.5) is 0 Å². The van der Waals surface area contributed by atoms with Crippen molar-refractivity contribution in [2.45, 2.75) is 65.7 Å². The number of hydrogen-bond donors (Lipinski definition) is 0. The van der Waals surface area contributed by atoms with E-state index in [1.54, 1.807) is 32.1 Å². The average molecular weight is 232 g/mol. The van der Waals surface area contributed by atoms with Crippen molar-refractivity contribution in [2.75, 3.05) is 0 Å². The van der Waals surface area contributed by atoms with Crippen molar-refractivity contribution >= 4 is 0 Å². The lowest BCUT2D eigenvalue weighted by Gasteiger charge is -2.30. The Morgan fingerprint density at radius 1 is 1.24 bits per heavy atom. The Bertz CT molecular complexity index is 334. The molecule has 5 fully saturated rings. The molecule has 0 spiro atoms. The molecule has 5 unspecified atom stereocenters. The highest BCUT2D eigenvalue weighted by Gasteiger charge is 2.82. The Labute approximate surface area is 107 Å². The summed E-state index contributed by atoms with van der Waals surface area (Å²) in [5.41, 5.74) is 1.71. The second kappa shape index (κ2) is 3.11. The Balaban J connectivity index is 1.39. The molecule has 0 heteroatoms. The Kier molecular flexibility index (Phi) is 1.99. The van der Waals surface area contributed by atoms with Gasteiger partial charge in [0.15, 0.2) is 0 Å². The molecule has 0 aliphatic heterocycles. The van der Waals surface area contributed by atoms with Gasteiger partial charge in [0, 0.05) is 0 Å². The van der Waals surface area contributed by atoms with E-state index in [0.29, 0.717) is 0 Å². The molecule has 5 aliphatic rings. The van der Waals surface area contributed by atoms with Crippen LogP contribution < -0.4 is 0 Å². The van der Waals surface area contributed by atoms with Crippen molar-refractivity contribution < 1.29 is 0 Å². The van der Waals surface area contributed by atoms with Gasteiger partial charge in [0.05, 0.1) is 0 Å². The first-order valence-electron chi connectivity index (χ1n) is 8.11. The van der Waals surface area contributed by atoms with E-state index in [1.807, 2.05) is 0 Å². The molecule has 0 N–H and O–H groups in total. The molecular formula is C17H28. The van der Waals surface area contributed by atoms with E-state index >= 15 is 0 Å². The van der Waals surface area contributed by atoms with Crippen LogP contribution in [0.3, 0.4) is 0 Å². The highest BCUT2D eigenvalue weighted by atomic mass is 14.9. The standard InChI is InChI=1S/C17H28/c1-4-11(2)5-7-17-8-6-13-14-15(13)16(14,3)9-12(17)10-17/h11-15H,4-10H2,1-3H3. The van der Waals surface area contributed by atoms with Crippen molar-refractivity contribution in [1.82, 2.24) is 0 Å². The van der Waals surface area contributed by atoms with Gasteiger partial charge in [-0.3, -0.25) is 0 Å². The maximum Gasteiger partial charge on any atom is -0.0255 e. The first-order valence-corrected chi connectivity index (χ1v) is 8.11. The fourth-order valence-corrected chi connectivity index (χ4v) is 5.68. The fourth-order valence-electron chi connectivity index (χ4n) is 5.68. The summed E-state index contributed by atoms with van der Waals surface area (Å²) in [6.45, 7) is 7.40. The molecular weight excluding hydrogens is 204 g/mol. The van der Waals surface area contributed by atoms with Crippen LogP contribution >= 0.6 is 0 Å². The van der Waals surface area contributed by atoms with Crippen LogP contribution in [0.25, 0.3) is 0 Å². The van der Waals surface area contributed by atoms with E-state index in [1.165, 1.54) is 30.6 Å². The van der Waals surface area contributed by atoms with Gasteiger partial charge in [-0.1, -0.05) is 33.6 Å². The molecule has 0 aromatic carbocycles. The summed E-state index contributed by atoms with van der Waals surface area (Å²) in [5, 5.41) is 0. The largest absolute Gasteiger partial charge is 0.0651 e. The van der Waals surface area contributed by atoms with E-state index in [2.05, 4.69) is 20.8 Å². The molecule has 0 amide bonds. The molecule has 2 bridgehead atoms. The van der Waals surface area contributed by atoms with E-state index in [0.717, 1.165) is 22.7 Å². The lowest BCUT2D eigenvalue weighted by atomic mass is 9.75. The van der Waals surface area contributed by atoms with E-state index in [-0.39, 0.29) is 0 Å². The first kappa shape index (κ1) is 10.9. The highest BCUT2D eigenvalue weighted by Crippen LogP contribution is 2.88. The quantitative estimate of drug-likeness (QED) is 0.647. The Morgan fingerprint density at radius 3 is 2.71 bits per heavy atom. The summed E-state index contributed by atoms with van der Waals surface area (Å²) >= 11 is 0. The van der Waals surface area contributed by atoms with Gasteiger partial charge in [-0.05, 0) is 72.5 Å². The van der Waals surface area contributed by atoms with E-state index in [9.17, 15) is 0 Å². The molecule has 96 valence electrons. The maximum absolute atomic E-state index is 2.60. The maximum atomic E-state index is 2.60. The van der Waals surface area contributed by atoms with Gasteiger partial charge in [-0.25, -0.2) is 0 Å². The number of rotatable bonds is 4. The highest BCUT2D eigenvalue weighted by molar-refractivity contribution is 5.30. The zero-order valence-electron chi connectivity index (χ0n) is 11.8. The van der Waals surface area contributed by atoms with Crippen LogP contribution in [0.1, 0.15) is 65.7 Å². The summed E-state index contributed by atoms with van der Waals surface area (Å²) in [6, 6.07) is 0. The van der Waals surface area contributed by atoms with Gasteiger partial charge in [0.2, 0.25) is 0 Å². The van der Waals surface area contributed by atoms with Gasteiger partial charge in [0.1, 0.15) is 0 Å². The third-order valence-electron chi connectivity index (χ3n) is 7.43.